The molecule has 4 heteroatoms. The van der Waals surface area contributed by atoms with Gasteiger partial charge in [0, 0.05) is 18.7 Å². The second-order valence-electron chi connectivity index (χ2n) is 6.41. The van der Waals surface area contributed by atoms with E-state index in [0.29, 0.717) is 17.0 Å². The Morgan fingerprint density at radius 2 is 1.95 bits per heavy atom. The molecule has 1 aliphatic carbocycles. The van der Waals surface area contributed by atoms with Gasteiger partial charge in [0.05, 0.1) is 17.5 Å². The number of hydrogen-bond donors (Lipinski definition) is 2. The molecule has 1 aromatic rings. The Bertz CT molecular complexity index is 482. The molecule has 0 amide bonds. The molecule has 0 saturated heterocycles. The van der Waals surface area contributed by atoms with Crippen LogP contribution in [0, 0.1) is 17.2 Å². The van der Waals surface area contributed by atoms with Crippen molar-refractivity contribution in [3.05, 3.63) is 17.9 Å². The number of rotatable bonds is 6. The summed E-state index contributed by atoms with van der Waals surface area (Å²) < 4.78 is 19.2. The zero-order valence-electron chi connectivity index (χ0n) is 12.8. The molecule has 0 aliphatic heterocycles. The average molecular weight is 280 g/mol. The fourth-order valence-electron chi connectivity index (χ4n) is 2.46. The third-order valence-electron chi connectivity index (χ3n) is 4.21. The van der Waals surface area contributed by atoms with E-state index in [1.54, 1.807) is 6.07 Å². The first-order valence-corrected chi connectivity index (χ1v) is 7.33. The summed E-state index contributed by atoms with van der Waals surface area (Å²) in [7, 11) is 0. The van der Waals surface area contributed by atoms with Gasteiger partial charge < -0.3 is 15.8 Å². The van der Waals surface area contributed by atoms with Crippen molar-refractivity contribution >= 4 is 11.4 Å². The van der Waals surface area contributed by atoms with Gasteiger partial charge in [0.15, 0.2) is 11.6 Å². The van der Waals surface area contributed by atoms with E-state index in [9.17, 15) is 4.39 Å². The predicted octanol–water partition coefficient (Wildman–Crippen LogP) is 4.04. The van der Waals surface area contributed by atoms with Crippen LogP contribution in [0.5, 0.6) is 5.75 Å². The lowest BCUT2D eigenvalue weighted by Gasteiger charge is -2.22. The maximum atomic E-state index is 13.8. The molecule has 0 spiro atoms. The van der Waals surface area contributed by atoms with Gasteiger partial charge in [-0.25, -0.2) is 4.39 Å². The summed E-state index contributed by atoms with van der Waals surface area (Å²) in [6.07, 6.45) is 2.42. The Morgan fingerprint density at radius 3 is 2.45 bits per heavy atom. The fraction of sp³-hybridized carbons (Fsp3) is 0.625. The standard InChI is InChI=1S/C16H25FN2O/c1-10(2)16(5-6-16)9-19-14-8-15(20-11(3)4)12(17)7-13(14)18/h7-8,10-11,19H,5-6,9,18H2,1-4H3. The zero-order chi connectivity index (χ0) is 14.9. The molecular weight excluding hydrogens is 255 g/mol. The van der Waals surface area contributed by atoms with E-state index in [-0.39, 0.29) is 11.9 Å². The lowest BCUT2D eigenvalue weighted by Crippen LogP contribution is -2.21. The van der Waals surface area contributed by atoms with Crippen molar-refractivity contribution in [3.8, 4) is 5.75 Å². The van der Waals surface area contributed by atoms with Crippen molar-refractivity contribution < 1.29 is 9.13 Å². The van der Waals surface area contributed by atoms with Crippen LogP contribution >= 0.6 is 0 Å². The number of benzene rings is 1. The largest absolute Gasteiger partial charge is 0.488 e. The van der Waals surface area contributed by atoms with Crippen LogP contribution in [0.25, 0.3) is 0 Å². The highest BCUT2D eigenvalue weighted by atomic mass is 19.1. The smallest absolute Gasteiger partial charge is 0.167 e. The second-order valence-corrected chi connectivity index (χ2v) is 6.41. The average Bonchev–Trinajstić information content (AvgIpc) is 3.11. The number of nitrogen functional groups attached to an aromatic ring is 1. The minimum Gasteiger partial charge on any atom is -0.488 e. The molecule has 1 aromatic carbocycles. The van der Waals surface area contributed by atoms with Gasteiger partial charge in [-0.05, 0) is 38.0 Å². The summed E-state index contributed by atoms with van der Waals surface area (Å²) in [5.41, 5.74) is 7.45. The van der Waals surface area contributed by atoms with Crippen LogP contribution in [0.4, 0.5) is 15.8 Å². The molecule has 20 heavy (non-hydrogen) atoms. The van der Waals surface area contributed by atoms with E-state index in [1.807, 2.05) is 13.8 Å². The number of hydrogen-bond acceptors (Lipinski definition) is 3. The fourth-order valence-corrected chi connectivity index (χ4v) is 2.46. The van der Waals surface area contributed by atoms with Gasteiger partial charge in [-0.2, -0.15) is 0 Å². The van der Waals surface area contributed by atoms with Crippen LogP contribution in [0.3, 0.4) is 0 Å². The highest BCUT2D eigenvalue weighted by Gasteiger charge is 2.44. The summed E-state index contributed by atoms with van der Waals surface area (Å²) in [4.78, 5) is 0. The maximum absolute atomic E-state index is 13.8. The summed E-state index contributed by atoms with van der Waals surface area (Å²) in [5.74, 6) is 0.487. The first-order valence-electron chi connectivity index (χ1n) is 7.33. The van der Waals surface area contributed by atoms with E-state index in [2.05, 4.69) is 19.2 Å². The van der Waals surface area contributed by atoms with E-state index in [1.165, 1.54) is 18.9 Å². The van der Waals surface area contributed by atoms with Gasteiger partial charge in [-0.3, -0.25) is 0 Å². The molecule has 1 aliphatic rings. The number of nitrogens with two attached hydrogens (primary N) is 1. The third kappa shape index (κ3) is 3.17. The lowest BCUT2D eigenvalue weighted by molar-refractivity contribution is 0.231. The molecule has 0 aromatic heterocycles. The number of halogens is 1. The van der Waals surface area contributed by atoms with Crippen LogP contribution in [0.2, 0.25) is 0 Å². The van der Waals surface area contributed by atoms with Crippen LogP contribution in [0.15, 0.2) is 12.1 Å². The quantitative estimate of drug-likeness (QED) is 0.773. The molecular formula is C16H25FN2O. The van der Waals surface area contributed by atoms with Gasteiger partial charge in [0.25, 0.3) is 0 Å². The Labute approximate surface area is 120 Å². The van der Waals surface area contributed by atoms with Crippen LogP contribution < -0.4 is 15.8 Å². The van der Waals surface area contributed by atoms with Crippen molar-refractivity contribution in [1.29, 1.82) is 0 Å². The van der Waals surface area contributed by atoms with Crippen molar-refractivity contribution in [2.45, 2.75) is 46.6 Å². The normalized spacial score (nSPS) is 16.6. The molecule has 1 fully saturated rings. The highest BCUT2D eigenvalue weighted by Crippen LogP contribution is 2.51. The SMILES string of the molecule is CC(C)Oc1cc(NCC2(C(C)C)CC2)c(N)cc1F. The minimum absolute atomic E-state index is 0.0635. The predicted molar refractivity (Wildman–Crippen MR) is 81.6 cm³/mol. The Morgan fingerprint density at radius 1 is 1.30 bits per heavy atom. The molecule has 3 N–H and O–H groups in total. The number of nitrogens with one attached hydrogen (secondary N) is 1. The Balaban J connectivity index is 2.11. The van der Waals surface area contributed by atoms with Crippen molar-refractivity contribution in [2.75, 3.05) is 17.6 Å². The van der Waals surface area contributed by atoms with Gasteiger partial charge in [0.2, 0.25) is 0 Å². The van der Waals surface area contributed by atoms with Gasteiger partial charge in [-0.1, -0.05) is 13.8 Å². The molecule has 2 rings (SSSR count). The van der Waals surface area contributed by atoms with Gasteiger partial charge in [-0.15, -0.1) is 0 Å². The minimum atomic E-state index is -0.410. The first-order chi connectivity index (χ1) is 9.34. The molecule has 0 bridgehead atoms. The summed E-state index contributed by atoms with van der Waals surface area (Å²) in [6, 6.07) is 3.00. The van der Waals surface area contributed by atoms with Gasteiger partial charge in [0.1, 0.15) is 0 Å². The molecule has 112 valence electrons. The monoisotopic (exact) mass is 280 g/mol. The first kappa shape index (κ1) is 14.9. The molecule has 0 unspecified atom stereocenters. The summed E-state index contributed by atoms with van der Waals surface area (Å²) >= 11 is 0. The van der Waals surface area contributed by atoms with Crippen LogP contribution in [-0.2, 0) is 0 Å². The second kappa shape index (κ2) is 5.51. The van der Waals surface area contributed by atoms with Gasteiger partial charge >= 0.3 is 0 Å². The van der Waals surface area contributed by atoms with E-state index >= 15 is 0 Å². The molecule has 0 atom stereocenters. The lowest BCUT2D eigenvalue weighted by atomic mass is 9.92. The number of anilines is 2. The Hall–Kier alpha value is -1.45. The van der Waals surface area contributed by atoms with E-state index in [0.717, 1.165) is 12.2 Å². The summed E-state index contributed by atoms with van der Waals surface area (Å²) in [6.45, 7) is 9.12. The summed E-state index contributed by atoms with van der Waals surface area (Å²) in [5, 5.41) is 3.37. The van der Waals surface area contributed by atoms with E-state index in [4.69, 9.17) is 10.5 Å². The van der Waals surface area contributed by atoms with Crippen molar-refractivity contribution in [2.24, 2.45) is 11.3 Å². The Kier molecular flexibility index (Phi) is 4.11. The van der Waals surface area contributed by atoms with Crippen molar-refractivity contribution in [1.82, 2.24) is 0 Å². The highest BCUT2D eigenvalue weighted by molar-refractivity contribution is 5.68. The van der Waals surface area contributed by atoms with Crippen LogP contribution in [0.1, 0.15) is 40.5 Å². The topological polar surface area (TPSA) is 47.3 Å². The molecule has 3 nitrogen and oxygen atoms in total. The molecule has 0 heterocycles. The zero-order valence-corrected chi connectivity index (χ0v) is 12.8. The van der Waals surface area contributed by atoms with Crippen molar-refractivity contribution in [3.63, 3.8) is 0 Å². The van der Waals surface area contributed by atoms with Crippen LogP contribution in [-0.4, -0.2) is 12.6 Å². The number of ether oxygens (including phenoxy) is 1. The molecule has 0 radical (unpaired) electrons. The third-order valence-corrected chi connectivity index (χ3v) is 4.21. The maximum Gasteiger partial charge on any atom is 0.167 e. The van der Waals surface area contributed by atoms with E-state index < -0.39 is 5.82 Å². The molecule has 1 saturated carbocycles.